The second kappa shape index (κ2) is 4.00. The van der Waals surface area contributed by atoms with Crippen LogP contribution in [0.3, 0.4) is 0 Å². The van der Waals surface area contributed by atoms with Crippen LogP contribution in [0.25, 0.3) is 0 Å². The number of hydrogen-bond donors (Lipinski definition) is 1. The van der Waals surface area contributed by atoms with Gasteiger partial charge in [0.15, 0.2) is 5.13 Å². The van der Waals surface area contributed by atoms with E-state index in [9.17, 15) is 0 Å². The minimum atomic E-state index is 0.487. The van der Waals surface area contributed by atoms with Gasteiger partial charge in [0.25, 0.3) is 0 Å². The lowest BCUT2D eigenvalue weighted by Crippen LogP contribution is -2.22. The predicted molar refractivity (Wildman–Crippen MR) is 68.3 cm³/mol. The minimum Gasteiger partial charge on any atom is -0.348 e. The van der Waals surface area contributed by atoms with Crippen LogP contribution in [0.15, 0.2) is 0 Å². The van der Waals surface area contributed by atoms with E-state index >= 15 is 0 Å². The smallest absolute Gasteiger partial charge is 0.185 e. The molecule has 16 heavy (non-hydrogen) atoms. The average molecular weight is 237 g/mol. The molecule has 3 nitrogen and oxygen atoms in total. The van der Waals surface area contributed by atoms with Crippen LogP contribution in [-0.2, 0) is 6.42 Å². The van der Waals surface area contributed by atoms with E-state index < -0.39 is 0 Å². The van der Waals surface area contributed by atoms with Gasteiger partial charge in [-0.1, -0.05) is 0 Å². The molecule has 0 aromatic carbocycles. The topological polar surface area (TPSA) is 28.2 Å². The number of thiazole rings is 1. The van der Waals surface area contributed by atoms with Crippen molar-refractivity contribution in [2.24, 2.45) is 0 Å². The van der Waals surface area contributed by atoms with E-state index in [1.165, 1.54) is 47.8 Å². The summed E-state index contributed by atoms with van der Waals surface area (Å²) < 4.78 is 0. The Morgan fingerprint density at radius 2 is 2.19 bits per heavy atom. The molecule has 1 unspecified atom stereocenters. The molecular weight excluding hydrogens is 218 g/mol. The summed E-state index contributed by atoms with van der Waals surface area (Å²) in [6, 6.07) is 1.25. The number of hydrogen-bond acceptors (Lipinski definition) is 4. The molecule has 2 aliphatic carbocycles. The van der Waals surface area contributed by atoms with E-state index in [0.29, 0.717) is 6.04 Å². The molecule has 0 amide bonds. The Labute approximate surface area is 101 Å². The van der Waals surface area contributed by atoms with Crippen molar-refractivity contribution in [1.29, 1.82) is 0 Å². The van der Waals surface area contributed by atoms with E-state index in [-0.39, 0.29) is 0 Å². The van der Waals surface area contributed by atoms with Gasteiger partial charge in [-0.2, -0.15) is 0 Å². The molecule has 0 spiro atoms. The molecule has 4 heteroatoms. The van der Waals surface area contributed by atoms with Crippen molar-refractivity contribution in [3.63, 3.8) is 0 Å². The molecule has 1 fully saturated rings. The fourth-order valence-electron chi connectivity index (χ4n) is 2.46. The highest BCUT2D eigenvalue weighted by molar-refractivity contribution is 7.15. The molecular formula is C12H19N3S. The highest BCUT2D eigenvalue weighted by Crippen LogP contribution is 2.39. The van der Waals surface area contributed by atoms with Crippen molar-refractivity contribution in [3.05, 3.63) is 10.6 Å². The summed E-state index contributed by atoms with van der Waals surface area (Å²) in [5, 5.41) is 4.61. The zero-order valence-corrected chi connectivity index (χ0v) is 10.8. The van der Waals surface area contributed by atoms with Gasteiger partial charge in [-0.25, -0.2) is 4.98 Å². The van der Waals surface area contributed by atoms with Crippen LogP contribution in [0.5, 0.6) is 0 Å². The van der Waals surface area contributed by atoms with Crippen molar-refractivity contribution in [2.75, 3.05) is 19.0 Å². The first-order chi connectivity index (χ1) is 7.79. The molecule has 88 valence electrons. The first-order valence-corrected chi connectivity index (χ1v) is 7.01. The molecule has 2 aliphatic rings. The molecule has 0 saturated heterocycles. The van der Waals surface area contributed by atoms with Crippen molar-refractivity contribution < 1.29 is 0 Å². The van der Waals surface area contributed by atoms with Crippen LogP contribution in [0.2, 0.25) is 0 Å². The molecule has 1 N–H and O–H groups in total. The SMILES string of the molecule is CNC1CCCc2sc(N(C)C3CC3)nc21. The van der Waals surface area contributed by atoms with Gasteiger partial charge in [0.05, 0.1) is 11.7 Å². The highest BCUT2D eigenvalue weighted by Gasteiger charge is 2.30. The molecule has 1 aromatic heterocycles. The monoisotopic (exact) mass is 237 g/mol. The Morgan fingerprint density at radius 3 is 2.88 bits per heavy atom. The zero-order valence-electron chi connectivity index (χ0n) is 9.99. The molecule has 0 bridgehead atoms. The summed E-state index contributed by atoms with van der Waals surface area (Å²) in [6.07, 6.45) is 6.45. The fraction of sp³-hybridized carbons (Fsp3) is 0.750. The highest BCUT2D eigenvalue weighted by atomic mass is 32.1. The number of nitrogens with zero attached hydrogens (tertiary/aromatic N) is 2. The molecule has 0 aliphatic heterocycles. The molecule has 1 aromatic rings. The van der Waals surface area contributed by atoms with Crippen LogP contribution < -0.4 is 10.2 Å². The van der Waals surface area contributed by atoms with Crippen LogP contribution in [0, 0.1) is 0 Å². The second-order valence-electron chi connectivity index (χ2n) is 4.88. The lowest BCUT2D eigenvalue weighted by Gasteiger charge is -2.19. The summed E-state index contributed by atoms with van der Waals surface area (Å²) in [4.78, 5) is 8.72. The van der Waals surface area contributed by atoms with Gasteiger partial charge in [-0.05, 0) is 39.2 Å². The van der Waals surface area contributed by atoms with E-state index in [0.717, 1.165) is 6.04 Å². The minimum absolute atomic E-state index is 0.487. The standard InChI is InChI=1S/C12H19N3S/c1-13-9-4-3-5-10-11(9)14-12(16-10)15(2)8-6-7-8/h8-9,13H,3-7H2,1-2H3. The van der Waals surface area contributed by atoms with Gasteiger partial charge in [0.2, 0.25) is 0 Å². The van der Waals surface area contributed by atoms with Gasteiger partial charge >= 0.3 is 0 Å². The lowest BCUT2D eigenvalue weighted by molar-refractivity contribution is 0.490. The maximum absolute atomic E-state index is 4.85. The Morgan fingerprint density at radius 1 is 1.38 bits per heavy atom. The number of fused-ring (bicyclic) bond motifs is 1. The van der Waals surface area contributed by atoms with Crippen LogP contribution in [-0.4, -0.2) is 25.1 Å². The maximum Gasteiger partial charge on any atom is 0.185 e. The van der Waals surface area contributed by atoms with Crippen molar-refractivity contribution in [3.8, 4) is 0 Å². The van der Waals surface area contributed by atoms with E-state index in [2.05, 4.69) is 17.3 Å². The molecule has 0 radical (unpaired) electrons. The summed E-state index contributed by atoms with van der Waals surface area (Å²) in [6.45, 7) is 0. The van der Waals surface area contributed by atoms with Gasteiger partial charge in [0, 0.05) is 18.0 Å². The number of aryl methyl sites for hydroxylation is 1. The van der Waals surface area contributed by atoms with Gasteiger partial charge in [0.1, 0.15) is 0 Å². The van der Waals surface area contributed by atoms with Gasteiger partial charge < -0.3 is 10.2 Å². The van der Waals surface area contributed by atoms with E-state index in [1.54, 1.807) is 0 Å². The number of anilines is 1. The van der Waals surface area contributed by atoms with Crippen molar-refractivity contribution in [1.82, 2.24) is 10.3 Å². The summed E-state index contributed by atoms with van der Waals surface area (Å²) in [5.41, 5.74) is 1.32. The molecule has 3 rings (SSSR count). The van der Waals surface area contributed by atoms with Crippen LogP contribution in [0.1, 0.15) is 42.3 Å². The van der Waals surface area contributed by atoms with Crippen LogP contribution in [0.4, 0.5) is 5.13 Å². The zero-order chi connectivity index (χ0) is 11.1. The van der Waals surface area contributed by atoms with Gasteiger partial charge in [-0.15, -0.1) is 11.3 Å². The predicted octanol–water partition coefficient (Wildman–Crippen LogP) is 2.34. The molecule has 1 saturated carbocycles. The fourth-order valence-corrected chi connectivity index (χ4v) is 3.65. The Bertz CT molecular complexity index is 384. The normalized spacial score (nSPS) is 24.2. The summed E-state index contributed by atoms with van der Waals surface area (Å²) >= 11 is 1.91. The molecule has 1 atom stereocenters. The number of nitrogens with one attached hydrogen (secondary N) is 1. The average Bonchev–Trinajstić information content (AvgIpc) is 3.06. The van der Waals surface area contributed by atoms with E-state index in [4.69, 9.17) is 4.98 Å². The molecule has 1 heterocycles. The van der Waals surface area contributed by atoms with E-state index in [1.807, 2.05) is 18.4 Å². The first-order valence-electron chi connectivity index (χ1n) is 6.19. The van der Waals surface area contributed by atoms with Crippen LogP contribution >= 0.6 is 11.3 Å². The van der Waals surface area contributed by atoms with Gasteiger partial charge in [-0.3, -0.25) is 0 Å². The summed E-state index contributed by atoms with van der Waals surface area (Å²) in [7, 11) is 4.24. The Kier molecular flexibility index (Phi) is 2.64. The third-order valence-corrected chi connectivity index (χ3v) is 4.91. The third kappa shape index (κ3) is 1.74. The second-order valence-corrected chi connectivity index (χ2v) is 5.94. The first kappa shape index (κ1) is 10.5. The quantitative estimate of drug-likeness (QED) is 0.874. The Hall–Kier alpha value is -0.610. The van der Waals surface area contributed by atoms with Crippen molar-refractivity contribution in [2.45, 2.75) is 44.2 Å². The summed E-state index contributed by atoms with van der Waals surface area (Å²) in [5.74, 6) is 0. The maximum atomic E-state index is 4.85. The third-order valence-electron chi connectivity index (χ3n) is 3.69. The number of rotatable bonds is 3. The largest absolute Gasteiger partial charge is 0.348 e. The number of aromatic nitrogens is 1. The Balaban J connectivity index is 1.88. The van der Waals surface area contributed by atoms with Crippen molar-refractivity contribution >= 4 is 16.5 Å². The lowest BCUT2D eigenvalue weighted by atomic mass is 9.98.